The van der Waals surface area contributed by atoms with Crippen LogP contribution in [0.3, 0.4) is 0 Å². The lowest BCUT2D eigenvalue weighted by molar-refractivity contribution is -0.274. The topological polar surface area (TPSA) is 79.8 Å². The van der Waals surface area contributed by atoms with Crippen LogP contribution in [0, 0.1) is 0 Å². The molecule has 2 heterocycles. The zero-order chi connectivity index (χ0) is 27.8. The van der Waals surface area contributed by atoms with Gasteiger partial charge in [0.25, 0.3) is 5.91 Å². The summed E-state index contributed by atoms with van der Waals surface area (Å²) < 4.78 is 49.1. The number of ether oxygens (including phenoxy) is 2. The first-order valence-corrected chi connectivity index (χ1v) is 13.0. The minimum atomic E-state index is -4.79. The summed E-state index contributed by atoms with van der Waals surface area (Å²) in [6.07, 6.45) is -3.95. The fourth-order valence-corrected chi connectivity index (χ4v) is 4.38. The largest absolute Gasteiger partial charge is 0.573 e. The molecule has 0 bridgehead atoms. The molecule has 0 saturated carbocycles. The van der Waals surface area contributed by atoms with Crippen LogP contribution in [0.1, 0.15) is 36.3 Å². The van der Waals surface area contributed by atoms with Gasteiger partial charge in [0, 0.05) is 39.3 Å². The van der Waals surface area contributed by atoms with Gasteiger partial charge in [0.05, 0.1) is 6.61 Å². The van der Waals surface area contributed by atoms with Gasteiger partial charge in [0.15, 0.2) is 11.5 Å². The maximum absolute atomic E-state index is 13.1. The summed E-state index contributed by atoms with van der Waals surface area (Å²) in [7, 11) is 0. The second kappa shape index (κ2) is 12.8. The van der Waals surface area contributed by atoms with Gasteiger partial charge in [0.2, 0.25) is 0 Å². The van der Waals surface area contributed by atoms with Crippen molar-refractivity contribution < 1.29 is 27.4 Å². The monoisotopic (exact) mass is 543 g/mol. The maximum atomic E-state index is 13.1. The van der Waals surface area contributed by atoms with Gasteiger partial charge in [-0.05, 0) is 72.5 Å². The summed E-state index contributed by atoms with van der Waals surface area (Å²) >= 11 is 0. The first kappa shape index (κ1) is 28.2. The van der Waals surface area contributed by atoms with Crippen LogP contribution in [0.5, 0.6) is 11.5 Å². The Morgan fingerprint density at radius 2 is 1.72 bits per heavy atom. The standard InChI is InChI=1S/C28H32F3N5O3/c1-3-10-32-27(37)25-8-9-26(34-33-25)36-13-11-35(12-14-36)19-20-15-22(18-24(16-20)39-28(29,30)31)21-6-5-7-23(17-21)38-4-2/h5-9,15-18H,3-4,10-14,19H2,1-2H3,(H,32,37). The van der Waals surface area contributed by atoms with Crippen LogP contribution in [0.25, 0.3) is 11.1 Å². The number of amides is 1. The average molecular weight is 544 g/mol. The van der Waals surface area contributed by atoms with E-state index in [1.807, 2.05) is 38.1 Å². The molecule has 1 aromatic heterocycles. The number of aromatic nitrogens is 2. The van der Waals surface area contributed by atoms with E-state index in [0.717, 1.165) is 12.0 Å². The predicted molar refractivity (Wildman–Crippen MR) is 142 cm³/mol. The number of hydrogen-bond acceptors (Lipinski definition) is 7. The highest BCUT2D eigenvalue weighted by molar-refractivity contribution is 5.92. The van der Waals surface area contributed by atoms with Gasteiger partial charge >= 0.3 is 6.36 Å². The second-order valence-corrected chi connectivity index (χ2v) is 9.17. The Hall–Kier alpha value is -3.86. The number of benzene rings is 2. The van der Waals surface area contributed by atoms with Crippen LogP contribution < -0.4 is 19.7 Å². The number of carbonyl (C=O) groups excluding carboxylic acids is 1. The van der Waals surface area contributed by atoms with Crippen molar-refractivity contribution in [3.63, 3.8) is 0 Å². The third-order valence-corrected chi connectivity index (χ3v) is 6.20. The fourth-order valence-electron chi connectivity index (χ4n) is 4.38. The van der Waals surface area contributed by atoms with Crippen molar-refractivity contribution in [2.45, 2.75) is 33.2 Å². The Morgan fingerprint density at radius 1 is 0.949 bits per heavy atom. The first-order chi connectivity index (χ1) is 18.7. The molecule has 0 spiro atoms. The van der Waals surface area contributed by atoms with Crippen molar-refractivity contribution in [3.05, 3.63) is 65.9 Å². The number of rotatable bonds is 10. The summed E-state index contributed by atoms with van der Waals surface area (Å²) in [4.78, 5) is 16.3. The molecule has 1 aliphatic heterocycles. The minimum Gasteiger partial charge on any atom is -0.494 e. The van der Waals surface area contributed by atoms with E-state index >= 15 is 0 Å². The van der Waals surface area contributed by atoms with Crippen molar-refractivity contribution in [2.24, 2.45) is 0 Å². The molecule has 1 N–H and O–H groups in total. The molecule has 8 nitrogen and oxygen atoms in total. The summed E-state index contributed by atoms with van der Waals surface area (Å²) in [6.45, 7) is 8.07. The lowest BCUT2D eigenvalue weighted by Gasteiger charge is -2.35. The van der Waals surface area contributed by atoms with Gasteiger partial charge in [-0.1, -0.05) is 19.1 Å². The third kappa shape index (κ3) is 8.06. The Bertz CT molecular complexity index is 1250. The van der Waals surface area contributed by atoms with E-state index in [-0.39, 0.29) is 17.4 Å². The molecule has 11 heteroatoms. The first-order valence-electron chi connectivity index (χ1n) is 13.0. The van der Waals surface area contributed by atoms with E-state index in [1.165, 1.54) is 12.1 Å². The Balaban J connectivity index is 1.44. The smallest absolute Gasteiger partial charge is 0.494 e. The molecule has 208 valence electrons. The zero-order valence-electron chi connectivity index (χ0n) is 22.0. The van der Waals surface area contributed by atoms with Crippen LogP contribution in [0.4, 0.5) is 19.0 Å². The lowest BCUT2D eigenvalue weighted by Crippen LogP contribution is -2.46. The number of anilines is 1. The van der Waals surface area contributed by atoms with Crippen LogP contribution >= 0.6 is 0 Å². The SMILES string of the molecule is CCCNC(=O)c1ccc(N2CCN(Cc3cc(OC(F)(F)F)cc(-c4cccc(OCC)c4)c3)CC2)nn1. The minimum absolute atomic E-state index is 0.249. The average Bonchev–Trinajstić information content (AvgIpc) is 2.91. The molecule has 0 atom stereocenters. The molecule has 1 aliphatic rings. The molecule has 3 aromatic rings. The van der Waals surface area contributed by atoms with Gasteiger partial charge < -0.3 is 19.7 Å². The van der Waals surface area contributed by atoms with Crippen molar-refractivity contribution in [1.82, 2.24) is 20.4 Å². The molecule has 2 aromatic carbocycles. The van der Waals surface area contributed by atoms with E-state index in [4.69, 9.17) is 4.74 Å². The van der Waals surface area contributed by atoms with E-state index in [9.17, 15) is 18.0 Å². The third-order valence-electron chi connectivity index (χ3n) is 6.20. The summed E-state index contributed by atoms with van der Waals surface area (Å²) in [5.41, 5.74) is 2.34. The Morgan fingerprint density at radius 3 is 2.38 bits per heavy atom. The molecule has 0 unspecified atom stereocenters. The molecular formula is C28H32F3N5O3. The molecule has 4 rings (SSSR count). The molecule has 1 saturated heterocycles. The van der Waals surface area contributed by atoms with Crippen molar-refractivity contribution in [1.29, 1.82) is 0 Å². The summed E-state index contributed by atoms with van der Waals surface area (Å²) in [5, 5.41) is 11.0. The molecule has 0 aliphatic carbocycles. The molecule has 0 radical (unpaired) electrons. The number of nitrogens with one attached hydrogen (secondary N) is 1. The van der Waals surface area contributed by atoms with Crippen LogP contribution in [-0.2, 0) is 6.54 Å². The number of nitrogens with zero attached hydrogens (tertiary/aromatic N) is 4. The number of carbonyl (C=O) groups is 1. The Kier molecular flexibility index (Phi) is 9.23. The van der Waals surface area contributed by atoms with Gasteiger partial charge in [-0.25, -0.2) is 0 Å². The highest BCUT2D eigenvalue weighted by atomic mass is 19.4. The van der Waals surface area contributed by atoms with Gasteiger partial charge in [-0.3, -0.25) is 9.69 Å². The van der Waals surface area contributed by atoms with E-state index in [2.05, 4.69) is 30.1 Å². The highest BCUT2D eigenvalue weighted by Gasteiger charge is 2.31. The van der Waals surface area contributed by atoms with Gasteiger partial charge in [0.1, 0.15) is 11.5 Å². The molecule has 1 amide bonds. The second-order valence-electron chi connectivity index (χ2n) is 9.17. The molecular weight excluding hydrogens is 511 g/mol. The highest BCUT2D eigenvalue weighted by Crippen LogP contribution is 2.32. The normalized spacial score (nSPS) is 14.2. The van der Waals surface area contributed by atoms with Crippen molar-refractivity contribution in [2.75, 3.05) is 44.2 Å². The van der Waals surface area contributed by atoms with Crippen LogP contribution in [0.15, 0.2) is 54.6 Å². The number of halogens is 3. The van der Waals surface area contributed by atoms with Crippen molar-refractivity contribution >= 4 is 11.7 Å². The van der Waals surface area contributed by atoms with E-state index < -0.39 is 6.36 Å². The summed E-state index contributed by atoms with van der Waals surface area (Å²) in [6, 6.07) is 15.4. The van der Waals surface area contributed by atoms with E-state index in [1.54, 1.807) is 18.2 Å². The zero-order valence-corrected chi connectivity index (χ0v) is 22.0. The van der Waals surface area contributed by atoms with E-state index in [0.29, 0.717) is 68.6 Å². The molecule has 1 fully saturated rings. The summed E-state index contributed by atoms with van der Waals surface area (Å²) in [5.74, 6) is 0.821. The maximum Gasteiger partial charge on any atom is 0.573 e. The Labute approximate surface area is 225 Å². The van der Waals surface area contributed by atoms with Crippen LogP contribution in [0.2, 0.25) is 0 Å². The quantitative estimate of drug-likeness (QED) is 0.390. The number of alkyl halides is 3. The van der Waals surface area contributed by atoms with Crippen molar-refractivity contribution in [3.8, 4) is 22.6 Å². The van der Waals surface area contributed by atoms with Gasteiger partial charge in [-0.15, -0.1) is 23.4 Å². The lowest BCUT2D eigenvalue weighted by atomic mass is 10.0. The number of hydrogen-bond donors (Lipinski definition) is 1. The van der Waals surface area contributed by atoms with Gasteiger partial charge in [-0.2, -0.15) is 0 Å². The van der Waals surface area contributed by atoms with Crippen LogP contribution in [-0.4, -0.2) is 66.7 Å². The number of piperazine rings is 1. The predicted octanol–water partition coefficient (Wildman–Crippen LogP) is 4.90. The molecule has 39 heavy (non-hydrogen) atoms. The fraction of sp³-hybridized carbons (Fsp3) is 0.393.